The molecule has 0 heterocycles. The summed E-state index contributed by atoms with van der Waals surface area (Å²) in [4.78, 5) is 11.2. The van der Waals surface area contributed by atoms with Crippen molar-refractivity contribution in [2.75, 3.05) is 0 Å². The Bertz CT molecular complexity index is 596. The summed E-state index contributed by atoms with van der Waals surface area (Å²) in [6.45, 7) is 0. The van der Waals surface area contributed by atoms with Crippen LogP contribution in [0, 0.1) is 0 Å². The molecule has 6 rings (SSSR count). The maximum absolute atomic E-state index is 11.2. The fourth-order valence-corrected chi connectivity index (χ4v) is 2.94. The van der Waals surface area contributed by atoms with Crippen LogP contribution in [0.25, 0.3) is 0 Å². The van der Waals surface area contributed by atoms with E-state index in [1.54, 1.807) is 0 Å². The zero-order chi connectivity index (χ0) is 13.8. The van der Waals surface area contributed by atoms with Crippen molar-refractivity contribution >= 4 is 6.29 Å². The van der Waals surface area contributed by atoms with Crippen molar-refractivity contribution in [1.29, 1.82) is 0 Å². The fourth-order valence-electron chi connectivity index (χ4n) is 2.94. The Morgan fingerprint density at radius 3 is 2.05 bits per heavy atom. The number of aldehydes is 1. The van der Waals surface area contributed by atoms with Crippen molar-refractivity contribution in [2.24, 2.45) is 0 Å². The van der Waals surface area contributed by atoms with Gasteiger partial charge in [0.25, 0.3) is 0 Å². The minimum Gasteiger partial charge on any atom is -0.298 e. The zero-order valence-corrected chi connectivity index (χ0v) is 11.8. The minimum absolute atomic E-state index is 0.883. The Labute approximate surface area is 120 Å². The van der Waals surface area contributed by atoms with E-state index in [0.717, 1.165) is 44.0 Å². The van der Waals surface area contributed by atoms with Gasteiger partial charge in [0.05, 0.1) is 0 Å². The summed E-state index contributed by atoms with van der Waals surface area (Å²) >= 11 is 0. The second-order valence-electron chi connectivity index (χ2n) is 5.67. The molecule has 4 aliphatic carbocycles. The highest BCUT2D eigenvalue weighted by molar-refractivity contribution is 5.77. The molecular formula is C19H20O. The normalized spacial score (nSPS) is 15.0. The average molecular weight is 264 g/mol. The molecule has 4 bridgehead atoms. The van der Waals surface area contributed by atoms with Crippen LogP contribution in [-0.4, -0.2) is 6.29 Å². The van der Waals surface area contributed by atoms with Crippen LogP contribution in [0.2, 0.25) is 0 Å². The summed E-state index contributed by atoms with van der Waals surface area (Å²) in [7, 11) is 0. The SMILES string of the molecule is O=Cc1cc2ccc1CCCCc1ccc(cc1)CC2. The number of carbonyl (C=O) groups is 1. The van der Waals surface area contributed by atoms with Gasteiger partial charge in [-0.25, -0.2) is 0 Å². The van der Waals surface area contributed by atoms with Crippen LogP contribution >= 0.6 is 0 Å². The third-order valence-electron chi connectivity index (χ3n) is 4.22. The summed E-state index contributed by atoms with van der Waals surface area (Å²) in [6, 6.07) is 15.4. The summed E-state index contributed by atoms with van der Waals surface area (Å²) < 4.78 is 0. The monoisotopic (exact) mass is 264 g/mol. The number of benzene rings is 2. The van der Waals surface area contributed by atoms with E-state index in [1.807, 2.05) is 0 Å². The van der Waals surface area contributed by atoms with Gasteiger partial charge >= 0.3 is 0 Å². The van der Waals surface area contributed by atoms with Crippen LogP contribution in [-0.2, 0) is 25.7 Å². The first-order valence-electron chi connectivity index (χ1n) is 7.50. The van der Waals surface area contributed by atoms with Gasteiger partial charge in [-0.15, -0.1) is 0 Å². The fraction of sp³-hybridized carbons (Fsp3) is 0.316. The Balaban J connectivity index is 1.91. The van der Waals surface area contributed by atoms with E-state index in [4.69, 9.17) is 0 Å². The van der Waals surface area contributed by atoms with Crippen molar-refractivity contribution < 1.29 is 4.79 Å². The molecule has 2 aromatic rings. The van der Waals surface area contributed by atoms with Gasteiger partial charge in [0.15, 0.2) is 0 Å². The molecule has 0 aliphatic heterocycles. The third kappa shape index (κ3) is 2.98. The van der Waals surface area contributed by atoms with Crippen LogP contribution in [0.4, 0.5) is 0 Å². The lowest BCUT2D eigenvalue weighted by Gasteiger charge is -2.10. The lowest BCUT2D eigenvalue weighted by atomic mass is 9.94. The van der Waals surface area contributed by atoms with Crippen molar-refractivity contribution in [3.8, 4) is 0 Å². The molecule has 0 amide bonds. The van der Waals surface area contributed by atoms with Crippen LogP contribution in [0.15, 0.2) is 42.5 Å². The average Bonchev–Trinajstić information content (AvgIpc) is 2.51. The van der Waals surface area contributed by atoms with Crippen molar-refractivity contribution in [2.45, 2.75) is 38.5 Å². The first-order valence-corrected chi connectivity index (χ1v) is 7.50. The van der Waals surface area contributed by atoms with E-state index in [9.17, 15) is 4.79 Å². The first-order chi connectivity index (χ1) is 9.85. The molecule has 0 saturated heterocycles. The standard InChI is InChI=1S/C19H20O/c20-14-19-13-17-10-9-16-7-5-15(6-8-16)3-1-2-4-18(19)12-11-17/h5-8,11-14H,1-4,9-10H2. The second-order valence-corrected chi connectivity index (χ2v) is 5.67. The maximum Gasteiger partial charge on any atom is 0.150 e. The Morgan fingerprint density at radius 1 is 0.700 bits per heavy atom. The van der Waals surface area contributed by atoms with E-state index in [2.05, 4.69) is 42.5 Å². The smallest absolute Gasteiger partial charge is 0.150 e. The molecule has 0 atom stereocenters. The second kappa shape index (κ2) is 6.04. The van der Waals surface area contributed by atoms with Crippen molar-refractivity contribution in [3.05, 3.63) is 70.3 Å². The summed E-state index contributed by atoms with van der Waals surface area (Å²) in [6.07, 6.45) is 7.51. The van der Waals surface area contributed by atoms with Gasteiger partial charge in [-0.1, -0.05) is 36.4 Å². The predicted octanol–water partition coefficient (Wildman–Crippen LogP) is 4.16. The summed E-state index contributed by atoms with van der Waals surface area (Å²) in [5.41, 5.74) is 6.15. The molecule has 0 radical (unpaired) electrons. The van der Waals surface area contributed by atoms with Gasteiger partial charge in [-0.05, 0) is 66.8 Å². The molecule has 0 N–H and O–H groups in total. The number of aryl methyl sites for hydroxylation is 4. The lowest BCUT2D eigenvalue weighted by Crippen LogP contribution is -1.99. The molecule has 2 aromatic carbocycles. The van der Waals surface area contributed by atoms with Gasteiger partial charge in [0.1, 0.15) is 6.29 Å². The Kier molecular flexibility index (Phi) is 3.96. The zero-order valence-electron chi connectivity index (χ0n) is 11.8. The number of hydrogen-bond donors (Lipinski definition) is 0. The van der Waals surface area contributed by atoms with Crippen LogP contribution in [0.3, 0.4) is 0 Å². The van der Waals surface area contributed by atoms with E-state index in [-0.39, 0.29) is 0 Å². The predicted molar refractivity (Wildman–Crippen MR) is 82.3 cm³/mol. The third-order valence-corrected chi connectivity index (χ3v) is 4.22. The molecule has 102 valence electrons. The van der Waals surface area contributed by atoms with Crippen molar-refractivity contribution in [1.82, 2.24) is 0 Å². The molecule has 1 nitrogen and oxygen atoms in total. The van der Waals surface area contributed by atoms with Gasteiger partial charge in [-0.2, -0.15) is 0 Å². The lowest BCUT2D eigenvalue weighted by molar-refractivity contribution is 0.112. The highest BCUT2D eigenvalue weighted by Gasteiger charge is 2.06. The molecule has 4 aliphatic rings. The minimum atomic E-state index is 0.883. The van der Waals surface area contributed by atoms with E-state index >= 15 is 0 Å². The molecule has 1 heteroatoms. The molecule has 0 saturated carbocycles. The maximum atomic E-state index is 11.2. The highest BCUT2D eigenvalue weighted by atomic mass is 16.1. The quantitative estimate of drug-likeness (QED) is 0.707. The van der Waals surface area contributed by atoms with E-state index in [0.29, 0.717) is 0 Å². The topological polar surface area (TPSA) is 17.1 Å². The highest BCUT2D eigenvalue weighted by Crippen LogP contribution is 2.18. The number of rotatable bonds is 1. The molecule has 0 unspecified atom stereocenters. The van der Waals surface area contributed by atoms with Crippen LogP contribution in [0.1, 0.15) is 45.5 Å². The molecule has 20 heavy (non-hydrogen) atoms. The Hall–Kier alpha value is -1.89. The molecular weight excluding hydrogens is 244 g/mol. The van der Waals surface area contributed by atoms with Gasteiger partial charge in [0.2, 0.25) is 0 Å². The summed E-state index contributed by atoms with van der Waals surface area (Å²) in [5, 5.41) is 0. The molecule has 0 spiro atoms. The number of carbonyl (C=O) groups excluding carboxylic acids is 1. The first kappa shape index (κ1) is 13.1. The molecule has 0 fully saturated rings. The van der Waals surface area contributed by atoms with Crippen molar-refractivity contribution in [3.63, 3.8) is 0 Å². The van der Waals surface area contributed by atoms with Gasteiger partial charge < -0.3 is 0 Å². The van der Waals surface area contributed by atoms with Gasteiger partial charge in [-0.3, -0.25) is 4.79 Å². The summed E-state index contributed by atoms with van der Waals surface area (Å²) in [5.74, 6) is 0. The van der Waals surface area contributed by atoms with E-state index < -0.39 is 0 Å². The van der Waals surface area contributed by atoms with E-state index in [1.165, 1.54) is 28.7 Å². The van der Waals surface area contributed by atoms with Gasteiger partial charge in [0, 0.05) is 5.56 Å². The Morgan fingerprint density at radius 2 is 1.30 bits per heavy atom. The van der Waals surface area contributed by atoms with Crippen LogP contribution < -0.4 is 0 Å². The van der Waals surface area contributed by atoms with Crippen LogP contribution in [0.5, 0.6) is 0 Å². The number of hydrogen-bond acceptors (Lipinski definition) is 1. The molecule has 0 aromatic heterocycles. The largest absolute Gasteiger partial charge is 0.298 e.